The van der Waals surface area contributed by atoms with E-state index in [1.165, 1.54) is 0 Å². The van der Waals surface area contributed by atoms with Gasteiger partial charge in [-0.2, -0.15) is 0 Å². The summed E-state index contributed by atoms with van der Waals surface area (Å²) < 4.78 is 10.4. The van der Waals surface area contributed by atoms with Crippen LogP contribution in [0.4, 0.5) is 5.69 Å². The molecular formula is C24H28N2O5. The third kappa shape index (κ3) is 6.65. The number of carbonyl (C=O) groups is 3. The van der Waals surface area contributed by atoms with Crippen LogP contribution in [0.5, 0.6) is 0 Å². The number of ether oxygens (including phenoxy) is 2. The zero-order chi connectivity index (χ0) is 22.1. The van der Waals surface area contributed by atoms with Crippen molar-refractivity contribution in [3.05, 3.63) is 65.7 Å². The Labute approximate surface area is 182 Å². The molecule has 2 aromatic carbocycles. The molecule has 0 spiro atoms. The molecule has 1 N–H and O–H groups in total. The number of benzene rings is 2. The summed E-state index contributed by atoms with van der Waals surface area (Å²) in [5, 5.41) is 2.79. The molecule has 2 aromatic rings. The third-order valence-electron chi connectivity index (χ3n) is 5.08. The van der Waals surface area contributed by atoms with Gasteiger partial charge >= 0.3 is 11.9 Å². The molecule has 7 heteroatoms. The molecule has 1 saturated heterocycles. The zero-order valence-electron chi connectivity index (χ0n) is 17.7. The average molecular weight is 424 g/mol. The molecule has 1 unspecified atom stereocenters. The maximum atomic E-state index is 12.6. The zero-order valence-corrected chi connectivity index (χ0v) is 17.7. The fourth-order valence-corrected chi connectivity index (χ4v) is 3.35. The first-order valence-corrected chi connectivity index (χ1v) is 10.6. The van der Waals surface area contributed by atoms with E-state index in [1.54, 1.807) is 24.3 Å². The molecule has 31 heavy (non-hydrogen) atoms. The van der Waals surface area contributed by atoms with Gasteiger partial charge in [0.25, 0.3) is 0 Å². The topological polar surface area (TPSA) is 84.9 Å². The molecule has 164 valence electrons. The van der Waals surface area contributed by atoms with Gasteiger partial charge in [0, 0.05) is 18.8 Å². The fraction of sp³-hybridized carbons (Fsp3) is 0.375. The number of hydrogen-bond donors (Lipinski definition) is 1. The smallest absolute Gasteiger partial charge is 0.338 e. The Morgan fingerprint density at radius 3 is 2.58 bits per heavy atom. The highest BCUT2D eigenvalue weighted by Gasteiger charge is 2.33. The van der Waals surface area contributed by atoms with Gasteiger partial charge in [0.2, 0.25) is 5.91 Å². The SMILES string of the molecule is CCCCOC(=O)c1ccc(NC(=O)CC2C(=O)OCCN2Cc2ccccc2)cc1. The van der Waals surface area contributed by atoms with E-state index < -0.39 is 6.04 Å². The summed E-state index contributed by atoms with van der Waals surface area (Å²) >= 11 is 0. The molecule has 1 atom stereocenters. The Balaban J connectivity index is 1.56. The van der Waals surface area contributed by atoms with Crippen molar-refractivity contribution in [2.45, 2.75) is 38.8 Å². The van der Waals surface area contributed by atoms with Crippen molar-refractivity contribution < 1.29 is 23.9 Å². The minimum Gasteiger partial charge on any atom is -0.463 e. The molecule has 0 saturated carbocycles. The molecule has 1 aliphatic heterocycles. The number of carbonyl (C=O) groups excluding carboxylic acids is 3. The molecule has 1 aliphatic rings. The van der Waals surface area contributed by atoms with E-state index in [0.717, 1.165) is 18.4 Å². The van der Waals surface area contributed by atoms with Gasteiger partial charge in [-0.3, -0.25) is 14.5 Å². The van der Waals surface area contributed by atoms with Crippen molar-refractivity contribution in [3.8, 4) is 0 Å². The first-order valence-electron chi connectivity index (χ1n) is 10.6. The number of rotatable bonds is 9. The molecule has 3 rings (SSSR count). The lowest BCUT2D eigenvalue weighted by Crippen LogP contribution is -2.49. The molecule has 0 radical (unpaired) electrons. The predicted molar refractivity (Wildman–Crippen MR) is 116 cm³/mol. The van der Waals surface area contributed by atoms with Gasteiger partial charge in [-0.1, -0.05) is 43.7 Å². The molecule has 1 heterocycles. The molecular weight excluding hydrogens is 396 g/mol. The minimum absolute atomic E-state index is 0.00746. The number of amides is 1. The van der Waals surface area contributed by atoms with Crippen LogP contribution in [0.2, 0.25) is 0 Å². The van der Waals surface area contributed by atoms with Crippen LogP contribution in [-0.4, -0.2) is 48.5 Å². The van der Waals surface area contributed by atoms with Crippen molar-refractivity contribution in [3.63, 3.8) is 0 Å². The number of morpholine rings is 1. The van der Waals surface area contributed by atoms with Crippen molar-refractivity contribution >= 4 is 23.5 Å². The van der Waals surface area contributed by atoms with Crippen LogP contribution in [0.1, 0.15) is 42.1 Å². The molecule has 7 nitrogen and oxygen atoms in total. The van der Waals surface area contributed by atoms with E-state index in [2.05, 4.69) is 5.32 Å². The Morgan fingerprint density at radius 1 is 1.13 bits per heavy atom. The quantitative estimate of drug-likeness (QED) is 0.491. The number of cyclic esters (lactones) is 1. The maximum Gasteiger partial charge on any atom is 0.338 e. The van der Waals surface area contributed by atoms with E-state index in [4.69, 9.17) is 9.47 Å². The summed E-state index contributed by atoms with van der Waals surface area (Å²) in [5.41, 5.74) is 2.05. The molecule has 1 fully saturated rings. The molecule has 1 amide bonds. The summed E-state index contributed by atoms with van der Waals surface area (Å²) in [6.45, 7) is 3.89. The number of esters is 2. The maximum absolute atomic E-state index is 12.6. The monoisotopic (exact) mass is 424 g/mol. The number of unbranched alkanes of at least 4 members (excludes halogenated alkanes) is 1. The van der Waals surface area contributed by atoms with Crippen molar-refractivity contribution in [1.82, 2.24) is 4.90 Å². The summed E-state index contributed by atoms with van der Waals surface area (Å²) in [6.07, 6.45) is 1.77. The van der Waals surface area contributed by atoms with Gasteiger partial charge < -0.3 is 14.8 Å². The highest BCUT2D eigenvalue weighted by atomic mass is 16.5. The second kappa shape index (κ2) is 11.3. The van der Waals surface area contributed by atoms with Gasteiger partial charge in [-0.25, -0.2) is 4.79 Å². The first kappa shape index (κ1) is 22.5. The van der Waals surface area contributed by atoms with E-state index in [-0.39, 0.29) is 24.3 Å². The van der Waals surface area contributed by atoms with Gasteiger partial charge in [0.15, 0.2) is 0 Å². The van der Waals surface area contributed by atoms with Gasteiger partial charge in [-0.15, -0.1) is 0 Å². The van der Waals surface area contributed by atoms with Crippen molar-refractivity contribution in [2.75, 3.05) is 25.1 Å². The Kier molecular flexibility index (Phi) is 8.18. The molecule has 0 aliphatic carbocycles. The molecule has 0 aromatic heterocycles. The lowest BCUT2D eigenvalue weighted by atomic mass is 10.1. The lowest BCUT2D eigenvalue weighted by molar-refractivity contribution is -0.159. The van der Waals surface area contributed by atoms with Crippen LogP contribution in [0.15, 0.2) is 54.6 Å². The third-order valence-corrected chi connectivity index (χ3v) is 5.08. The number of hydrogen-bond acceptors (Lipinski definition) is 6. The van der Waals surface area contributed by atoms with E-state index >= 15 is 0 Å². The first-order chi connectivity index (χ1) is 15.1. The summed E-state index contributed by atoms with van der Waals surface area (Å²) in [6, 6.07) is 15.7. The standard InChI is InChI=1S/C24H28N2O5/c1-2-3-14-30-23(28)19-9-11-20(12-10-19)25-22(27)16-21-24(29)31-15-13-26(21)17-18-7-5-4-6-8-18/h4-12,21H,2-3,13-17H2,1H3,(H,25,27). The van der Waals surface area contributed by atoms with Crippen molar-refractivity contribution in [1.29, 1.82) is 0 Å². The van der Waals surface area contributed by atoms with Gasteiger partial charge in [-0.05, 0) is 36.2 Å². The second-order valence-corrected chi connectivity index (χ2v) is 7.46. The largest absolute Gasteiger partial charge is 0.463 e. The predicted octanol–water partition coefficient (Wildman–Crippen LogP) is 3.40. The van der Waals surface area contributed by atoms with Crippen LogP contribution in [0.3, 0.4) is 0 Å². The molecule has 0 bridgehead atoms. The van der Waals surface area contributed by atoms with Crippen LogP contribution in [-0.2, 0) is 25.6 Å². The van der Waals surface area contributed by atoms with E-state index in [1.807, 2.05) is 42.2 Å². The number of nitrogens with zero attached hydrogens (tertiary/aromatic N) is 1. The second-order valence-electron chi connectivity index (χ2n) is 7.46. The minimum atomic E-state index is -0.637. The number of anilines is 1. The Hall–Kier alpha value is -3.19. The van der Waals surface area contributed by atoms with Gasteiger partial charge in [0.1, 0.15) is 12.6 Å². The number of nitrogens with one attached hydrogen (secondary N) is 1. The van der Waals surface area contributed by atoms with Crippen molar-refractivity contribution in [2.24, 2.45) is 0 Å². The highest BCUT2D eigenvalue weighted by Crippen LogP contribution is 2.18. The van der Waals surface area contributed by atoms with E-state index in [0.29, 0.717) is 37.6 Å². The van der Waals surface area contributed by atoms with Crippen LogP contribution in [0.25, 0.3) is 0 Å². The Morgan fingerprint density at radius 2 is 1.87 bits per heavy atom. The fourth-order valence-electron chi connectivity index (χ4n) is 3.35. The average Bonchev–Trinajstić information content (AvgIpc) is 2.77. The summed E-state index contributed by atoms with van der Waals surface area (Å²) in [4.78, 5) is 38.8. The normalized spacial score (nSPS) is 16.4. The summed E-state index contributed by atoms with van der Waals surface area (Å²) in [7, 11) is 0. The van der Waals surface area contributed by atoms with Crippen LogP contribution < -0.4 is 5.32 Å². The van der Waals surface area contributed by atoms with Gasteiger partial charge in [0.05, 0.1) is 18.6 Å². The van der Waals surface area contributed by atoms with Crippen LogP contribution in [0, 0.1) is 0 Å². The highest BCUT2D eigenvalue weighted by molar-refractivity contribution is 5.95. The Bertz CT molecular complexity index is 883. The summed E-state index contributed by atoms with van der Waals surface area (Å²) in [5.74, 6) is -1.06. The van der Waals surface area contributed by atoms with Crippen LogP contribution >= 0.6 is 0 Å². The van der Waals surface area contributed by atoms with E-state index in [9.17, 15) is 14.4 Å². The lowest BCUT2D eigenvalue weighted by Gasteiger charge is -2.33.